The van der Waals surface area contributed by atoms with Crippen LogP contribution in [0.5, 0.6) is 5.75 Å². The van der Waals surface area contributed by atoms with E-state index in [0.29, 0.717) is 36.3 Å². The standard InChI is InChI=1S/C20H32N4O5S/c1-11-12(2)17(13(3)14-8-9-20(4,5)28-16(11)14)30(26,27)29-18(25)15(21)7-6-10-24-19(22)23/h15H,6-10,21H2,1-5H3,(H4,22,23,24)/t15-/m0/s1. The van der Waals surface area contributed by atoms with Crippen LogP contribution in [0.25, 0.3) is 0 Å². The van der Waals surface area contributed by atoms with Crippen molar-refractivity contribution >= 4 is 22.0 Å². The summed E-state index contributed by atoms with van der Waals surface area (Å²) in [4.78, 5) is 12.3. The SMILES string of the molecule is Cc1c(C)c(S(=O)(=O)OC(=O)[C@@H](N)CCCNC(=N)N)c(C)c2c1OC(C)(C)CC2. The van der Waals surface area contributed by atoms with Gasteiger partial charge in [0.1, 0.15) is 22.3 Å². The van der Waals surface area contributed by atoms with Gasteiger partial charge in [-0.2, -0.15) is 8.42 Å². The van der Waals surface area contributed by atoms with Crippen molar-refractivity contribution in [2.45, 2.75) is 76.8 Å². The molecule has 0 amide bonds. The van der Waals surface area contributed by atoms with Crippen molar-refractivity contribution in [2.24, 2.45) is 11.5 Å². The molecule has 1 atom stereocenters. The minimum atomic E-state index is -4.35. The second kappa shape index (κ2) is 8.81. The highest BCUT2D eigenvalue weighted by Gasteiger charge is 2.35. The van der Waals surface area contributed by atoms with E-state index in [-0.39, 0.29) is 22.9 Å². The van der Waals surface area contributed by atoms with E-state index in [1.165, 1.54) is 0 Å². The maximum atomic E-state index is 13.0. The van der Waals surface area contributed by atoms with Crippen LogP contribution < -0.4 is 21.5 Å². The summed E-state index contributed by atoms with van der Waals surface area (Å²) in [6, 6.07) is -1.10. The number of rotatable bonds is 7. The monoisotopic (exact) mass is 440 g/mol. The fraction of sp³-hybridized carbons (Fsp3) is 0.600. The summed E-state index contributed by atoms with van der Waals surface area (Å²) in [6.45, 7) is 9.55. The molecule has 0 saturated heterocycles. The topological polar surface area (TPSA) is 158 Å². The lowest BCUT2D eigenvalue weighted by Crippen LogP contribution is -2.36. The van der Waals surface area contributed by atoms with Crippen LogP contribution in [-0.2, 0) is 25.5 Å². The third-order valence-electron chi connectivity index (χ3n) is 5.42. The molecule has 0 radical (unpaired) electrons. The Morgan fingerprint density at radius 3 is 2.50 bits per heavy atom. The van der Waals surface area contributed by atoms with Crippen molar-refractivity contribution in [3.63, 3.8) is 0 Å². The van der Waals surface area contributed by atoms with E-state index in [4.69, 9.17) is 25.8 Å². The van der Waals surface area contributed by atoms with Gasteiger partial charge in [-0.05, 0) is 82.6 Å². The summed E-state index contributed by atoms with van der Waals surface area (Å²) in [5.41, 5.74) is 13.2. The molecule has 2 rings (SSSR count). The Hall–Kier alpha value is -2.33. The Kier molecular flexibility index (Phi) is 7.03. The Morgan fingerprint density at radius 2 is 1.90 bits per heavy atom. The van der Waals surface area contributed by atoms with E-state index in [9.17, 15) is 13.2 Å². The first-order valence-corrected chi connectivity index (χ1v) is 11.3. The lowest BCUT2D eigenvalue weighted by atomic mass is 9.88. The minimum Gasteiger partial charge on any atom is -0.487 e. The average molecular weight is 441 g/mol. The lowest BCUT2D eigenvalue weighted by molar-refractivity contribution is -0.135. The number of carbonyl (C=O) groups excluding carboxylic acids is 1. The number of benzene rings is 1. The molecule has 1 aromatic rings. The zero-order valence-electron chi connectivity index (χ0n) is 18.2. The summed E-state index contributed by atoms with van der Waals surface area (Å²) in [5.74, 6) is -0.486. The molecule has 1 aliphatic rings. The summed E-state index contributed by atoms with van der Waals surface area (Å²) in [5, 5.41) is 9.67. The van der Waals surface area contributed by atoms with Gasteiger partial charge in [0, 0.05) is 6.54 Å². The molecule has 30 heavy (non-hydrogen) atoms. The van der Waals surface area contributed by atoms with Gasteiger partial charge in [-0.3, -0.25) is 5.41 Å². The Morgan fingerprint density at radius 1 is 1.27 bits per heavy atom. The molecule has 0 unspecified atom stereocenters. The summed E-state index contributed by atoms with van der Waals surface area (Å²) in [6.07, 6.45) is 2.05. The fourth-order valence-electron chi connectivity index (χ4n) is 3.60. The van der Waals surface area contributed by atoms with Gasteiger partial charge in [0.2, 0.25) is 0 Å². The molecule has 0 saturated carbocycles. The summed E-state index contributed by atoms with van der Waals surface area (Å²) >= 11 is 0. The molecule has 9 nitrogen and oxygen atoms in total. The van der Waals surface area contributed by atoms with E-state index in [0.717, 1.165) is 17.5 Å². The second-order valence-electron chi connectivity index (χ2n) is 8.32. The molecular formula is C20H32N4O5S. The van der Waals surface area contributed by atoms with Crippen molar-refractivity contribution in [2.75, 3.05) is 6.54 Å². The van der Waals surface area contributed by atoms with Crippen molar-refractivity contribution in [3.8, 4) is 5.75 Å². The Balaban J connectivity index is 2.25. The van der Waals surface area contributed by atoms with Crippen LogP contribution >= 0.6 is 0 Å². The number of fused-ring (bicyclic) bond motifs is 1. The zero-order valence-corrected chi connectivity index (χ0v) is 19.0. The highest BCUT2D eigenvalue weighted by Crippen LogP contribution is 2.42. The Bertz CT molecular complexity index is 957. The Labute approximate surface area is 178 Å². The highest BCUT2D eigenvalue weighted by atomic mass is 32.2. The van der Waals surface area contributed by atoms with E-state index in [1.807, 2.05) is 20.8 Å². The van der Waals surface area contributed by atoms with Crippen LogP contribution in [0.1, 0.15) is 55.4 Å². The van der Waals surface area contributed by atoms with Gasteiger partial charge in [0.05, 0.1) is 0 Å². The first-order chi connectivity index (χ1) is 13.8. The molecule has 1 aromatic carbocycles. The smallest absolute Gasteiger partial charge is 0.342 e. The molecule has 1 aliphatic heterocycles. The summed E-state index contributed by atoms with van der Waals surface area (Å²) in [7, 11) is -4.35. The van der Waals surface area contributed by atoms with Crippen molar-refractivity contribution in [1.82, 2.24) is 5.32 Å². The molecule has 10 heteroatoms. The van der Waals surface area contributed by atoms with E-state index in [1.54, 1.807) is 13.8 Å². The van der Waals surface area contributed by atoms with Crippen LogP contribution in [0.4, 0.5) is 0 Å². The predicted molar refractivity (Wildman–Crippen MR) is 114 cm³/mol. The molecular weight excluding hydrogens is 408 g/mol. The van der Waals surface area contributed by atoms with E-state index >= 15 is 0 Å². The van der Waals surface area contributed by atoms with Crippen molar-refractivity contribution < 1.29 is 22.1 Å². The van der Waals surface area contributed by atoms with Crippen LogP contribution in [0.3, 0.4) is 0 Å². The molecule has 0 aliphatic carbocycles. The zero-order chi connectivity index (χ0) is 22.9. The number of nitrogens with two attached hydrogens (primary N) is 2. The van der Waals surface area contributed by atoms with Gasteiger partial charge < -0.3 is 25.7 Å². The lowest BCUT2D eigenvalue weighted by Gasteiger charge is -2.35. The second-order valence-corrected chi connectivity index (χ2v) is 9.80. The molecule has 1 heterocycles. The molecule has 0 aromatic heterocycles. The van der Waals surface area contributed by atoms with E-state index < -0.39 is 22.1 Å². The van der Waals surface area contributed by atoms with Gasteiger partial charge in [0.25, 0.3) is 0 Å². The normalized spacial score (nSPS) is 16.2. The van der Waals surface area contributed by atoms with Gasteiger partial charge in [-0.15, -0.1) is 0 Å². The maximum Gasteiger partial charge on any atom is 0.342 e. The van der Waals surface area contributed by atoms with Crippen LogP contribution in [0.2, 0.25) is 0 Å². The van der Waals surface area contributed by atoms with Crippen molar-refractivity contribution in [1.29, 1.82) is 5.41 Å². The fourth-order valence-corrected chi connectivity index (χ4v) is 5.05. The largest absolute Gasteiger partial charge is 0.487 e. The quantitative estimate of drug-likeness (QED) is 0.215. The van der Waals surface area contributed by atoms with E-state index in [2.05, 4.69) is 5.32 Å². The number of ether oxygens (including phenoxy) is 1. The van der Waals surface area contributed by atoms with Crippen molar-refractivity contribution in [3.05, 3.63) is 22.3 Å². The molecule has 168 valence electrons. The molecule has 0 spiro atoms. The van der Waals surface area contributed by atoms with Gasteiger partial charge in [-0.1, -0.05) is 0 Å². The minimum absolute atomic E-state index is 0.000789. The highest BCUT2D eigenvalue weighted by molar-refractivity contribution is 7.87. The number of nitrogens with one attached hydrogen (secondary N) is 2. The average Bonchev–Trinajstić information content (AvgIpc) is 2.61. The summed E-state index contributed by atoms with van der Waals surface area (Å²) < 4.78 is 37.0. The maximum absolute atomic E-state index is 13.0. The van der Waals surface area contributed by atoms with Gasteiger partial charge in [0.15, 0.2) is 5.96 Å². The first-order valence-electron chi connectivity index (χ1n) is 9.90. The number of carbonyl (C=O) groups is 1. The van der Waals surface area contributed by atoms with Crippen LogP contribution in [-0.4, -0.2) is 38.5 Å². The number of guanidine groups is 1. The third kappa shape index (κ3) is 5.23. The molecule has 0 bridgehead atoms. The third-order valence-corrected chi connectivity index (χ3v) is 6.91. The predicted octanol–water partition coefficient (Wildman–Crippen LogP) is 1.54. The van der Waals surface area contributed by atoms with Crippen LogP contribution in [0.15, 0.2) is 4.90 Å². The van der Waals surface area contributed by atoms with Gasteiger partial charge >= 0.3 is 16.1 Å². The van der Waals surface area contributed by atoms with Crippen LogP contribution in [0, 0.1) is 26.2 Å². The first kappa shape index (κ1) is 23.9. The number of hydrogen-bond acceptors (Lipinski definition) is 7. The molecule has 6 N–H and O–H groups in total. The number of hydrogen-bond donors (Lipinski definition) is 4. The molecule has 0 fully saturated rings. The van der Waals surface area contributed by atoms with Gasteiger partial charge in [-0.25, -0.2) is 4.79 Å².